The highest BCUT2D eigenvalue weighted by Gasteiger charge is 2.28. The average Bonchev–Trinajstić information content (AvgIpc) is 3.17. The van der Waals surface area contributed by atoms with Gasteiger partial charge in [0, 0.05) is 31.2 Å². The van der Waals surface area contributed by atoms with E-state index in [-0.39, 0.29) is 17.8 Å². The number of aromatic amines is 1. The van der Waals surface area contributed by atoms with Crippen LogP contribution in [0.25, 0.3) is 0 Å². The largest absolute Gasteiger partial charge is 0.464 e. The van der Waals surface area contributed by atoms with Crippen molar-refractivity contribution in [3.8, 4) is 0 Å². The number of amides is 1. The van der Waals surface area contributed by atoms with Gasteiger partial charge in [-0.25, -0.2) is 4.79 Å². The van der Waals surface area contributed by atoms with Crippen LogP contribution in [-0.4, -0.2) is 37.1 Å². The molecule has 0 bridgehead atoms. The van der Waals surface area contributed by atoms with E-state index in [4.69, 9.17) is 0 Å². The molecule has 104 valence electrons. The van der Waals surface area contributed by atoms with E-state index in [0.717, 1.165) is 18.5 Å². The summed E-state index contributed by atoms with van der Waals surface area (Å²) in [5, 5.41) is 6.07. The number of H-pyrrole nitrogens is 1. The lowest BCUT2D eigenvalue weighted by Crippen LogP contribution is -2.32. The van der Waals surface area contributed by atoms with Crippen molar-refractivity contribution in [1.29, 1.82) is 0 Å². The number of methoxy groups -OCH3 is 1. The highest BCUT2D eigenvalue weighted by atomic mass is 16.5. The summed E-state index contributed by atoms with van der Waals surface area (Å²) in [7, 11) is 1.35. The Balaban J connectivity index is 1.61. The molecule has 3 N–H and O–H groups in total. The van der Waals surface area contributed by atoms with Crippen molar-refractivity contribution in [3.63, 3.8) is 0 Å². The predicted octanol–water partition coefficient (Wildman–Crippen LogP) is 0.417. The van der Waals surface area contributed by atoms with Crippen LogP contribution in [-0.2, 0) is 16.1 Å². The maximum atomic E-state index is 11.4. The van der Waals surface area contributed by atoms with Crippen molar-refractivity contribution in [2.45, 2.75) is 19.4 Å². The molecule has 1 amide bonds. The summed E-state index contributed by atoms with van der Waals surface area (Å²) in [6.07, 6.45) is 2.05. The van der Waals surface area contributed by atoms with E-state index in [1.165, 1.54) is 7.11 Å². The minimum atomic E-state index is -0.372. The van der Waals surface area contributed by atoms with Crippen LogP contribution in [0.4, 0.5) is 0 Å². The van der Waals surface area contributed by atoms with Gasteiger partial charge in [0.25, 0.3) is 0 Å². The Morgan fingerprint density at radius 2 is 2.16 bits per heavy atom. The van der Waals surface area contributed by atoms with E-state index in [1.807, 2.05) is 6.07 Å². The van der Waals surface area contributed by atoms with Crippen LogP contribution in [0.2, 0.25) is 0 Å². The van der Waals surface area contributed by atoms with Gasteiger partial charge in [-0.05, 0) is 25.0 Å². The van der Waals surface area contributed by atoms with Gasteiger partial charge in [-0.2, -0.15) is 0 Å². The zero-order valence-electron chi connectivity index (χ0n) is 11.0. The van der Waals surface area contributed by atoms with Gasteiger partial charge in [0.15, 0.2) is 0 Å². The lowest BCUT2D eigenvalue weighted by molar-refractivity contribution is -0.122. The van der Waals surface area contributed by atoms with Crippen molar-refractivity contribution < 1.29 is 14.3 Å². The number of aromatic nitrogens is 1. The Bertz CT molecular complexity index is 452. The molecular formula is C13H19N3O3. The minimum Gasteiger partial charge on any atom is -0.464 e. The van der Waals surface area contributed by atoms with E-state index in [9.17, 15) is 9.59 Å². The topological polar surface area (TPSA) is 83.2 Å². The second-order valence-corrected chi connectivity index (χ2v) is 4.63. The number of hydrogen-bond acceptors (Lipinski definition) is 4. The molecule has 0 aromatic carbocycles. The SMILES string of the molecule is COC(=O)c1ccc(CNCCNC(=O)C2CC2)[nH]1. The molecule has 19 heavy (non-hydrogen) atoms. The number of hydrogen-bond donors (Lipinski definition) is 3. The molecule has 1 heterocycles. The van der Waals surface area contributed by atoms with Gasteiger partial charge < -0.3 is 20.4 Å². The molecule has 1 aliphatic rings. The first-order valence-corrected chi connectivity index (χ1v) is 6.45. The Labute approximate surface area is 111 Å². The molecule has 6 nitrogen and oxygen atoms in total. The van der Waals surface area contributed by atoms with E-state index in [0.29, 0.717) is 25.3 Å². The Morgan fingerprint density at radius 1 is 1.37 bits per heavy atom. The van der Waals surface area contributed by atoms with Crippen LogP contribution < -0.4 is 10.6 Å². The van der Waals surface area contributed by atoms with Crippen LogP contribution in [0.15, 0.2) is 12.1 Å². The molecule has 1 aliphatic carbocycles. The van der Waals surface area contributed by atoms with Gasteiger partial charge >= 0.3 is 5.97 Å². The van der Waals surface area contributed by atoms with E-state index < -0.39 is 0 Å². The zero-order chi connectivity index (χ0) is 13.7. The molecule has 2 rings (SSSR count). The van der Waals surface area contributed by atoms with Crippen LogP contribution in [0, 0.1) is 5.92 Å². The summed E-state index contributed by atoms with van der Waals surface area (Å²) in [5.41, 5.74) is 1.36. The molecule has 1 aromatic heterocycles. The van der Waals surface area contributed by atoms with E-state index in [2.05, 4.69) is 20.4 Å². The van der Waals surface area contributed by atoms with Crippen LogP contribution >= 0.6 is 0 Å². The van der Waals surface area contributed by atoms with Gasteiger partial charge in [0.05, 0.1) is 7.11 Å². The summed E-state index contributed by atoms with van der Waals surface area (Å²) in [5.74, 6) is 0.0450. The molecule has 1 saturated carbocycles. The summed E-state index contributed by atoms with van der Waals surface area (Å²) in [6, 6.07) is 3.53. The van der Waals surface area contributed by atoms with Crippen molar-refractivity contribution >= 4 is 11.9 Å². The van der Waals surface area contributed by atoms with E-state index in [1.54, 1.807) is 6.07 Å². The summed E-state index contributed by atoms with van der Waals surface area (Å²) >= 11 is 0. The number of carbonyl (C=O) groups is 2. The molecule has 0 atom stereocenters. The second-order valence-electron chi connectivity index (χ2n) is 4.63. The van der Waals surface area contributed by atoms with Crippen molar-refractivity contribution in [2.75, 3.05) is 20.2 Å². The fourth-order valence-electron chi connectivity index (χ4n) is 1.76. The van der Waals surface area contributed by atoms with Crippen molar-refractivity contribution in [3.05, 3.63) is 23.5 Å². The third-order valence-electron chi connectivity index (χ3n) is 3.02. The third-order valence-corrected chi connectivity index (χ3v) is 3.02. The minimum absolute atomic E-state index is 0.162. The first kappa shape index (κ1) is 13.6. The molecule has 1 aromatic rings. The molecule has 0 unspecified atom stereocenters. The molecule has 0 saturated heterocycles. The molecule has 0 aliphatic heterocycles. The number of carbonyl (C=O) groups excluding carboxylic acids is 2. The standard InChI is InChI=1S/C13H19N3O3/c1-19-13(18)11-5-4-10(16-11)8-14-6-7-15-12(17)9-2-3-9/h4-5,9,14,16H,2-3,6-8H2,1H3,(H,15,17). The average molecular weight is 265 g/mol. The second kappa shape index (κ2) is 6.38. The summed E-state index contributed by atoms with van der Waals surface area (Å²) in [4.78, 5) is 25.5. The molecule has 1 fully saturated rings. The predicted molar refractivity (Wildman–Crippen MR) is 69.6 cm³/mol. The number of rotatable bonds is 7. The molecular weight excluding hydrogens is 246 g/mol. The summed E-state index contributed by atoms with van der Waals surface area (Å²) < 4.78 is 4.61. The Morgan fingerprint density at radius 3 is 2.84 bits per heavy atom. The fourth-order valence-corrected chi connectivity index (χ4v) is 1.76. The first-order chi connectivity index (χ1) is 9.20. The quantitative estimate of drug-likeness (QED) is 0.493. The number of ether oxygens (including phenoxy) is 1. The van der Waals surface area contributed by atoms with Crippen molar-refractivity contribution in [2.24, 2.45) is 5.92 Å². The lowest BCUT2D eigenvalue weighted by atomic mass is 10.4. The smallest absolute Gasteiger partial charge is 0.354 e. The van der Waals surface area contributed by atoms with Crippen LogP contribution in [0.5, 0.6) is 0 Å². The summed E-state index contributed by atoms with van der Waals surface area (Å²) in [6.45, 7) is 1.95. The van der Waals surface area contributed by atoms with Gasteiger partial charge in [-0.1, -0.05) is 0 Å². The normalized spacial score (nSPS) is 14.2. The van der Waals surface area contributed by atoms with Crippen LogP contribution in [0.1, 0.15) is 29.0 Å². The molecule has 0 spiro atoms. The maximum Gasteiger partial charge on any atom is 0.354 e. The lowest BCUT2D eigenvalue weighted by Gasteiger charge is -2.05. The third kappa shape index (κ3) is 4.10. The fraction of sp³-hybridized carbons (Fsp3) is 0.538. The number of esters is 1. The molecule has 0 radical (unpaired) electrons. The van der Waals surface area contributed by atoms with Gasteiger partial charge in [0.1, 0.15) is 5.69 Å². The first-order valence-electron chi connectivity index (χ1n) is 6.45. The maximum absolute atomic E-state index is 11.4. The van der Waals surface area contributed by atoms with Gasteiger partial charge in [-0.15, -0.1) is 0 Å². The van der Waals surface area contributed by atoms with Gasteiger partial charge in [-0.3, -0.25) is 4.79 Å². The van der Waals surface area contributed by atoms with Crippen LogP contribution in [0.3, 0.4) is 0 Å². The number of nitrogens with one attached hydrogen (secondary N) is 3. The highest BCUT2D eigenvalue weighted by Crippen LogP contribution is 2.28. The van der Waals surface area contributed by atoms with E-state index >= 15 is 0 Å². The zero-order valence-corrected chi connectivity index (χ0v) is 11.0. The molecule has 6 heteroatoms. The van der Waals surface area contributed by atoms with Gasteiger partial charge in [0.2, 0.25) is 5.91 Å². The highest BCUT2D eigenvalue weighted by molar-refractivity contribution is 5.87. The Hall–Kier alpha value is -1.82. The van der Waals surface area contributed by atoms with Crippen molar-refractivity contribution in [1.82, 2.24) is 15.6 Å². The Kier molecular flexibility index (Phi) is 4.57. The monoisotopic (exact) mass is 265 g/mol.